The van der Waals surface area contributed by atoms with Crippen molar-refractivity contribution in [2.45, 2.75) is 81.3 Å². The minimum Gasteiger partial charge on any atom is -0.512 e. The van der Waals surface area contributed by atoms with E-state index in [9.17, 15) is 19.8 Å². The Morgan fingerprint density at radius 2 is 0.868 bits per heavy atom. The van der Waals surface area contributed by atoms with E-state index in [1.165, 1.54) is 40.1 Å². The van der Waals surface area contributed by atoms with Gasteiger partial charge in [-0.15, -0.1) is 0 Å². The first-order valence-electron chi connectivity index (χ1n) is 12.7. The van der Waals surface area contributed by atoms with E-state index in [0.717, 1.165) is 44.5 Å². The molecule has 0 saturated carbocycles. The van der Waals surface area contributed by atoms with Crippen LogP contribution in [0.15, 0.2) is 56.9 Å². The van der Waals surface area contributed by atoms with E-state index < -0.39 is 12.1 Å². The number of aliphatic hydroxyl groups is 2. The third kappa shape index (κ3) is 7.15. The van der Waals surface area contributed by atoms with Gasteiger partial charge in [-0.1, -0.05) is 35.4 Å². The van der Waals surface area contributed by atoms with E-state index in [4.69, 9.17) is 9.98 Å². The number of carbonyl (C=O) groups excluding carboxylic acids is 2. The summed E-state index contributed by atoms with van der Waals surface area (Å²) in [6.45, 7) is 17.8. The van der Waals surface area contributed by atoms with Gasteiger partial charge in [0.15, 0.2) is 11.6 Å². The first-order valence-corrected chi connectivity index (χ1v) is 12.7. The predicted octanol–water partition coefficient (Wildman–Crippen LogP) is 7.30. The molecule has 2 atom stereocenters. The van der Waals surface area contributed by atoms with Crippen LogP contribution < -0.4 is 0 Å². The molecule has 6 heteroatoms. The monoisotopic (exact) mass is 516 g/mol. The highest BCUT2D eigenvalue weighted by Crippen LogP contribution is 2.41. The molecule has 38 heavy (non-hydrogen) atoms. The Hall–Kier alpha value is -3.80. The molecule has 0 aliphatic rings. The van der Waals surface area contributed by atoms with Crippen LogP contribution in [0.4, 0.5) is 0 Å². The number of benzene rings is 2. The van der Waals surface area contributed by atoms with Crippen LogP contribution in [0.3, 0.4) is 0 Å². The summed E-state index contributed by atoms with van der Waals surface area (Å²) in [7, 11) is 0. The molecule has 1 unspecified atom stereocenters. The fourth-order valence-electron chi connectivity index (χ4n) is 5.13. The second-order valence-electron chi connectivity index (χ2n) is 10.2. The van der Waals surface area contributed by atoms with Crippen molar-refractivity contribution in [3.8, 4) is 0 Å². The number of ketones is 2. The van der Waals surface area contributed by atoms with Crippen LogP contribution >= 0.6 is 0 Å². The van der Waals surface area contributed by atoms with Gasteiger partial charge in [0.1, 0.15) is 23.6 Å². The zero-order valence-electron chi connectivity index (χ0n) is 24.2. The predicted molar refractivity (Wildman–Crippen MR) is 156 cm³/mol. The maximum absolute atomic E-state index is 12.3. The maximum atomic E-state index is 12.3. The van der Waals surface area contributed by atoms with Crippen molar-refractivity contribution in [1.82, 2.24) is 0 Å². The minimum atomic E-state index is -0.590. The number of Topliss-reactive ketones (excluding diaryl/α,β-unsaturated/α-hetero) is 2. The van der Waals surface area contributed by atoms with Gasteiger partial charge in [0.05, 0.1) is 11.1 Å². The molecule has 202 valence electrons. The molecule has 0 bridgehead atoms. The number of hydrogen-bond donors (Lipinski definition) is 2. The molecule has 2 N–H and O–H groups in total. The van der Waals surface area contributed by atoms with Crippen molar-refractivity contribution in [3.05, 3.63) is 91.4 Å². The summed E-state index contributed by atoms with van der Waals surface area (Å²) in [5, 5.41) is 20.3. The van der Waals surface area contributed by atoms with E-state index in [0.29, 0.717) is 0 Å². The zero-order valence-corrected chi connectivity index (χ0v) is 24.2. The molecule has 0 aromatic heterocycles. The average molecular weight is 517 g/mol. The summed E-state index contributed by atoms with van der Waals surface area (Å²) >= 11 is 0. The SMILES string of the molecule is CC(=O)/C(C=NC(c1c(C)cc(C)cc1C)[C@H](N=C/C(C(C)=O)=C(/C)O)c1c(C)cc(C)cc1C)=C(\C)O. The molecular formula is C32H40N2O4. The molecule has 2 aromatic carbocycles. The van der Waals surface area contributed by atoms with Gasteiger partial charge in [-0.2, -0.15) is 0 Å². The van der Waals surface area contributed by atoms with E-state index in [-0.39, 0.29) is 34.2 Å². The standard InChI is InChI=1S/C32H40N2O4/c1-17-11-19(3)29(20(4)12-17)31(33-15-27(23(7)35)24(8)36)32(34-16-28(25(9)37)26(10)38)30-21(5)13-18(2)14-22(30)6/h11-16,31-32,35,37H,1-10H3/b27-23+,28-25+,33-15?,34-16?/t31-,32?/m1/s1. The lowest BCUT2D eigenvalue weighted by Gasteiger charge is -2.28. The molecular weight excluding hydrogens is 476 g/mol. The number of aliphatic hydroxyl groups excluding tert-OH is 2. The van der Waals surface area contributed by atoms with Crippen LogP contribution in [-0.2, 0) is 9.59 Å². The lowest BCUT2D eigenvalue weighted by atomic mass is 9.84. The third-order valence-electron chi connectivity index (χ3n) is 6.63. The first kappa shape index (κ1) is 30.4. The van der Waals surface area contributed by atoms with Gasteiger partial charge in [-0.3, -0.25) is 19.6 Å². The van der Waals surface area contributed by atoms with E-state index >= 15 is 0 Å². The summed E-state index contributed by atoms with van der Waals surface area (Å²) in [6, 6.07) is 7.15. The number of carbonyl (C=O) groups is 2. The largest absolute Gasteiger partial charge is 0.512 e. The lowest BCUT2D eigenvalue weighted by molar-refractivity contribution is -0.114. The number of nitrogens with zero attached hydrogens (tertiary/aromatic N) is 2. The van der Waals surface area contributed by atoms with Crippen LogP contribution in [0.25, 0.3) is 0 Å². The summed E-state index contributed by atoms with van der Waals surface area (Å²) < 4.78 is 0. The fourth-order valence-corrected chi connectivity index (χ4v) is 5.13. The van der Waals surface area contributed by atoms with Gasteiger partial charge in [-0.05, 0) is 103 Å². The van der Waals surface area contributed by atoms with Crippen molar-refractivity contribution in [2.75, 3.05) is 0 Å². The van der Waals surface area contributed by atoms with Gasteiger partial charge in [0.25, 0.3) is 0 Å². The highest BCUT2D eigenvalue weighted by atomic mass is 16.3. The number of aliphatic imine (C=N–C) groups is 2. The van der Waals surface area contributed by atoms with Crippen LogP contribution in [0.5, 0.6) is 0 Å². The normalized spacial score (nSPS) is 14.9. The number of aryl methyl sites for hydroxylation is 6. The lowest BCUT2D eigenvalue weighted by Crippen LogP contribution is -2.16. The van der Waals surface area contributed by atoms with E-state index in [1.54, 1.807) is 0 Å². The topological polar surface area (TPSA) is 99.3 Å². The molecule has 0 heterocycles. The Balaban J connectivity index is 3.01. The summed E-state index contributed by atoms with van der Waals surface area (Å²) in [5.41, 5.74) is 8.42. The van der Waals surface area contributed by atoms with Gasteiger partial charge < -0.3 is 10.2 Å². The van der Waals surface area contributed by atoms with Crippen LogP contribution in [-0.4, -0.2) is 34.2 Å². The van der Waals surface area contributed by atoms with Crippen molar-refractivity contribution in [2.24, 2.45) is 9.98 Å². The first-order chi connectivity index (χ1) is 17.6. The van der Waals surface area contributed by atoms with Crippen molar-refractivity contribution in [3.63, 3.8) is 0 Å². The molecule has 2 rings (SSSR count). The van der Waals surface area contributed by atoms with Crippen molar-refractivity contribution >= 4 is 24.0 Å². The molecule has 0 spiro atoms. The number of allylic oxidation sites excluding steroid dienone is 4. The summed E-state index contributed by atoms with van der Waals surface area (Å²) in [4.78, 5) is 34.3. The second kappa shape index (κ2) is 12.6. The Bertz CT molecular complexity index is 1220. The molecule has 0 saturated heterocycles. The second-order valence-corrected chi connectivity index (χ2v) is 10.2. The molecule has 0 amide bonds. The Kier molecular flexibility index (Phi) is 10.1. The average Bonchev–Trinajstić information content (AvgIpc) is 2.74. The van der Waals surface area contributed by atoms with Gasteiger partial charge in [-0.25, -0.2) is 0 Å². The quantitative estimate of drug-likeness (QED) is 0.207. The van der Waals surface area contributed by atoms with Gasteiger partial charge in [0.2, 0.25) is 0 Å². The van der Waals surface area contributed by atoms with Crippen LogP contribution in [0, 0.1) is 41.5 Å². The fraction of sp³-hybridized carbons (Fsp3) is 0.375. The summed E-state index contributed by atoms with van der Waals surface area (Å²) in [6.07, 6.45) is 2.84. The molecule has 0 fully saturated rings. The van der Waals surface area contributed by atoms with Crippen LogP contribution in [0.2, 0.25) is 0 Å². The molecule has 0 aliphatic carbocycles. The molecule has 0 radical (unpaired) electrons. The molecule has 2 aromatic rings. The van der Waals surface area contributed by atoms with Gasteiger partial charge in [0, 0.05) is 12.4 Å². The van der Waals surface area contributed by atoms with Crippen molar-refractivity contribution < 1.29 is 19.8 Å². The van der Waals surface area contributed by atoms with Crippen LogP contribution in [0.1, 0.15) is 84.3 Å². The smallest absolute Gasteiger partial charge is 0.164 e. The summed E-state index contributed by atoms with van der Waals surface area (Å²) in [5.74, 6) is -0.828. The number of hydrogen-bond acceptors (Lipinski definition) is 6. The maximum Gasteiger partial charge on any atom is 0.164 e. The highest BCUT2D eigenvalue weighted by molar-refractivity contribution is 6.13. The number of rotatable bonds is 9. The molecule has 6 nitrogen and oxygen atoms in total. The Morgan fingerprint density at radius 3 is 1.08 bits per heavy atom. The van der Waals surface area contributed by atoms with E-state index in [1.807, 2.05) is 41.5 Å². The molecule has 0 aliphatic heterocycles. The Morgan fingerprint density at radius 1 is 0.605 bits per heavy atom. The third-order valence-corrected chi connectivity index (χ3v) is 6.63. The Labute approximate surface area is 226 Å². The minimum absolute atomic E-state index is 0.113. The van der Waals surface area contributed by atoms with E-state index in [2.05, 4.69) is 24.3 Å². The zero-order chi connectivity index (χ0) is 28.9. The highest BCUT2D eigenvalue weighted by Gasteiger charge is 2.29. The van der Waals surface area contributed by atoms with Gasteiger partial charge >= 0.3 is 0 Å². The van der Waals surface area contributed by atoms with Crippen molar-refractivity contribution in [1.29, 1.82) is 0 Å².